The van der Waals surface area contributed by atoms with Crippen molar-refractivity contribution >= 4 is 15.9 Å². The van der Waals surface area contributed by atoms with Gasteiger partial charge in [0.05, 0.1) is 7.11 Å². The van der Waals surface area contributed by atoms with Crippen molar-refractivity contribution in [2.24, 2.45) is 5.92 Å². The molecule has 1 atom stereocenters. The Balaban J connectivity index is 2.07. The van der Waals surface area contributed by atoms with Gasteiger partial charge >= 0.3 is 0 Å². The number of rotatable bonds is 3. The molecule has 0 amide bonds. The van der Waals surface area contributed by atoms with Crippen molar-refractivity contribution in [2.45, 2.75) is 25.7 Å². The van der Waals surface area contributed by atoms with E-state index in [9.17, 15) is 0 Å². The Morgan fingerprint density at radius 3 is 3.06 bits per heavy atom. The van der Waals surface area contributed by atoms with E-state index in [0.29, 0.717) is 0 Å². The molecule has 1 unspecified atom stereocenters. The molecule has 1 aromatic carbocycles. The van der Waals surface area contributed by atoms with Crippen molar-refractivity contribution in [1.82, 2.24) is 5.32 Å². The zero-order valence-corrected chi connectivity index (χ0v) is 11.9. The van der Waals surface area contributed by atoms with Crippen molar-refractivity contribution in [3.63, 3.8) is 0 Å². The molecule has 17 heavy (non-hydrogen) atoms. The van der Waals surface area contributed by atoms with Crippen LogP contribution in [0, 0.1) is 5.92 Å². The summed E-state index contributed by atoms with van der Waals surface area (Å²) in [5.41, 5.74) is 1.33. The summed E-state index contributed by atoms with van der Waals surface area (Å²) in [4.78, 5) is 0. The van der Waals surface area contributed by atoms with Crippen LogP contribution in [-0.2, 0) is 6.42 Å². The van der Waals surface area contributed by atoms with Gasteiger partial charge < -0.3 is 10.1 Å². The van der Waals surface area contributed by atoms with Crippen LogP contribution < -0.4 is 10.1 Å². The lowest BCUT2D eigenvalue weighted by Gasteiger charge is -2.16. The van der Waals surface area contributed by atoms with E-state index in [-0.39, 0.29) is 0 Å². The quantitative estimate of drug-likeness (QED) is 0.923. The van der Waals surface area contributed by atoms with E-state index in [0.717, 1.165) is 29.1 Å². The molecule has 1 N–H and O–H groups in total. The summed E-state index contributed by atoms with van der Waals surface area (Å²) < 4.78 is 6.58. The average molecular weight is 298 g/mol. The summed E-state index contributed by atoms with van der Waals surface area (Å²) in [5, 5.41) is 3.46. The van der Waals surface area contributed by atoms with Crippen LogP contribution in [0.5, 0.6) is 5.75 Å². The fraction of sp³-hybridized carbons (Fsp3) is 0.571. The zero-order valence-electron chi connectivity index (χ0n) is 10.3. The molecule has 0 bridgehead atoms. The van der Waals surface area contributed by atoms with Crippen LogP contribution >= 0.6 is 15.9 Å². The van der Waals surface area contributed by atoms with Crippen LogP contribution in [0.25, 0.3) is 0 Å². The molecule has 2 rings (SSSR count). The van der Waals surface area contributed by atoms with Gasteiger partial charge in [0, 0.05) is 4.47 Å². The molecule has 0 aliphatic carbocycles. The maximum atomic E-state index is 5.44. The van der Waals surface area contributed by atoms with Crippen molar-refractivity contribution < 1.29 is 4.74 Å². The van der Waals surface area contributed by atoms with Gasteiger partial charge in [-0.05, 0) is 68.5 Å². The number of methoxy groups -OCH3 is 1. The number of ether oxygens (including phenoxy) is 1. The van der Waals surface area contributed by atoms with Crippen LogP contribution in [0.2, 0.25) is 0 Å². The summed E-state index contributed by atoms with van der Waals surface area (Å²) >= 11 is 3.54. The van der Waals surface area contributed by atoms with Gasteiger partial charge in [0.25, 0.3) is 0 Å². The summed E-state index contributed by atoms with van der Waals surface area (Å²) in [6.45, 7) is 2.33. The molecule has 1 saturated heterocycles. The number of nitrogens with one attached hydrogen (secondary N) is 1. The smallest absolute Gasteiger partial charge is 0.122 e. The second-order valence-corrected chi connectivity index (χ2v) is 5.62. The summed E-state index contributed by atoms with van der Waals surface area (Å²) in [7, 11) is 1.75. The second-order valence-electron chi connectivity index (χ2n) is 4.71. The lowest BCUT2D eigenvalue weighted by atomic mass is 9.92. The Morgan fingerprint density at radius 2 is 2.24 bits per heavy atom. The van der Waals surface area contributed by atoms with E-state index in [1.54, 1.807) is 7.11 Å². The minimum atomic E-state index is 0.785. The number of hydrogen-bond donors (Lipinski definition) is 1. The number of halogens is 1. The molecule has 1 aromatic rings. The first-order chi connectivity index (χ1) is 8.29. The van der Waals surface area contributed by atoms with E-state index in [2.05, 4.69) is 27.3 Å². The summed E-state index contributed by atoms with van der Waals surface area (Å²) in [6, 6.07) is 6.28. The SMILES string of the molecule is COc1ccc(Br)cc1CC1CCCNCC1. The minimum Gasteiger partial charge on any atom is -0.496 e. The molecule has 3 heteroatoms. The lowest BCUT2D eigenvalue weighted by Crippen LogP contribution is -2.14. The van der Waals surface area contributed by atoms with Gasteiger partial charge in [-0.25, -0.2) is 0 Å². The zero-order chi connectivity index (χ0) is 12.1. The monoisotopic (exact) mass is 297 g/mol. The number of benzene rings is 1. The molecule has 2 nitrogen and oxygen atoms in total. The normalized spacial score (nSPS) is 20.9. The van der Waals surface area contributed by atoms with Crippen molar-refractivity contribution in [3.05, 3.63) is 28.2 Å². The topological polar surface area (TPSA) is 21.3 Å². The first-order valence-electron chi connectivity index (χ1n) is 6.32. The standard InChI is InChI=1S/C14H20BrNO/c1-17-14-5-4-13(15)10-12(14)9-11-3-2-7-16-8-6-11/h4-5,10-11,16H,2-3,6-9H2,1H3. The Kier molecular flexibility index (Phi) is 4.86. The maximum absolute atomic E-state index is 5.44. The third kappa shape index (κ3) is 3.71. The average Bonchev–Trinajstić information content (AvgIpc) is 2.58. The molecule has 1 heterocycles. The minimum absolute atomic E-state index is 0.785. The predicted octanol–water partition coefficient (Wildman–Crippen LogP) is 3.39. The molecule has 0 aromatic heterocycles. The molecule has 94 valence electrons. The van der Waals surface area contributed by atoms with E-state index >= 15 is 0 Å². The first-order valence-corrected chi connectivity index (χ1v) is 7.12. The van der Waals surface area contributed by atoms with Gasteiger partial charge in [-0.1, -0.05) is 15.9 Å². The third-order valence-electron chi connectivity index (χ3n) is 3.45. The highest BCUT2D eigenvalue weighted by Gasteiger charge is 2.15. The molecular formula is C14H20BrNO. The molecule has 0 radical (unpaired) electrons. The van der Waals surface area contributed by atoms with E-state index in [1.165, 1.54) is 31.4 Å². The number of hydrogen-bond acceptors (Lipinski definition) is 2. The molecule has 0 spiro atoms. The van der Waals surface area contributed by atoms with Gasteiger partial charge in [-0.15, -0.1) is 0 Å². The highest BCUT2D eigenvalue weighted by molar-refractivity contribution is 9.10. The van der Waals surface area contributed by atoms with E-state index in [4.69, 9.17) is 4.74 Å². The second kappa shape index (κ2) is 6.41. The van der Waals surface area contributed by atoms with Gasteiger partial charge in [-0.3, -0.25) is 0 Å². The third-order valence-corrected chi connectivity index (χ3v) is 3.94. The van der Waals surface area contributed by atoms with Gasteiger partial charge in [0.2, 0.25) is 0 Å². The Hall–Kier alpha value is -0.540. The van der Waals surface area contributed by atoms with Gasteiger partial charge in [0.15, 0.2) is 0 Å². The van der Waals surface area contributed by atoms with E-state index in [1.807, 2.05) is 12.1 Å². The highest BCUT2D eigenvalue weighted by Crippen LogP contribution is 2.28. The fourth-order valence-electron chi connectivity index (χ4n) is 2.51. The molecular weight excluding hydrogens is 278 g/mol. The van der Waals surface area contributed by atoms with Crippen molar-refractivity contribution in [1.29, 1.82) is 0 Å². The van der Waals surface area contributed by atoms with Crippen molar-refractivity contribution in [3.8, 4) is 5.75 Å². The Labute approximate surface area is 112 Å². The molecule has 0 saturated carbocycles. The summed E-state index contributed by atoms with van der Waals surface area (Å²) in [5.74, 6) is 1.80. The van der Waals surface area contributed by atoms with E-state index < -0.39 is 0 Å². The van der Waals surface area contributed by atoms with Crippen molar-refractivity contribution in [2.75, 3.05) is 20.2 Å². The molecule has 1 fully saturated rings. The highest BCUT2D eigenvalue weighted by atomic mass is 79.9. The lowest BCUT2D eigenvalue weighted by molar-refractivity contribution is 0.398. The van der Waals surface area contributed by atoms with Crippen LogP contribution in [0.15, 0.2) is 22.7 Å². The van der Waals surface area contributed by atoms with Gasteiger partial charge in [0.1, 0.15) is 5.75 Å². The Bertz CT molecular complexity index is 359. The molecule has 1 aliphatic rings. The maximum Gasteiger partial charge on any atom is 0.122 e. The van der Waals surface area contributed by atoms with Crippen LogP contribution in [0.3, 0.4) is 0 Å². The van der Waals surface area contributed by atoms with Crippen LogP contribution in [-0.4, -0.2) is 20.2 Å². The fourth-order valence-corrected chi connectivity index (χ4v) is 2.92. The van der Waals surface area contributed by atoms with Gasteiger partial charge in [-0.2, -0.15) is 0 Å². The largest absolute Gasteiger partial charge is 0.496 e. The predicted molar refractivity (Wildman–Crippen MR) is 74.6 cm³/mol. The van der Waals surface area contributed by atoms with Crippen LogP contribution in [0.4, 0.5) is 0 Å². The Morgan fingerprint density at radius 1 is 1.35 bits per heavy atom. The summed E-state index contributed by atoms with van der Waals surface area (Å²) in [6.07, 6.45) is 5.02. The first kappa shape index (κ1) is 12.9. The molecule has 1 aliphatic heterocycles. The van der Waals surface area contributed by atoms with Crippen LogP contribution in [0.1, 0.15) is 24.8 Å².